The first-order valence-corrected chi connectivity index (χ1v) is 11.4. The van der Waals surface area contributed by atoms with Gasteiger partial charge >= 0.3 is 0 Å². The Morgan fingerprint density at radius 1 is 0.968 bits per heavy atom. The Labute approximate surface area is 184 Å². The van der Waals surface area contributed by atoms with Crippen LogP contribution in [0.5, 0.6) is 0 Å². The normalized spacial score (nSPS) is 12.5. The first-order valence-electron chi connectivity index (χ1n) is 9.48. The van der Waals surface area contributed by atoms with Crippen LogP contribution >= 0.6 is 12.2 Å². The Morgan fingerprint density at radius 3 is 2.23 bits per heavy atom. The number of rotatable bonds is 7. The summed E-state index contributed by atoms with van der Waals surface area (Å²) in [7, 11) is -3.84. The molecular formula is C22H19FN4O2S2. The molecule has 4 aromatic rings. The molecule has 9 heteroatoms. The maximum atomic E-state index is 13.4. The molecule has 0 saturated carbocycles. The molecule has 0 amide bonds. The summed E-state index contributed by atoms with van der Waals surface area (Å²) in [6.07, 6.45) is 0.341. The van der Waals surface area contributed by atoms with Gasteiger partial charge in [0, 0.05) is 5.69 Å². The van der Waals surface area contributed by atoms with Crippen molar-refractivity contribution in [2.75, 3.05) is 0 Å². The van der Waals surface area contributed by atoms with Gasteiger partial charge in [0.15, 0.2) is 10.6 Å². The van der Waals surface area contributed by atoms with Gasteiger partial charge in [-0.05, 0) is 60.6 Å². The van der Waals surface area contributed by atoms with Crippen molar-refractivity contribution in [3.63, 3.8) is 0 Å². The van der Waals surface area contributed by atoms with E-state index in [0.717, 1.165) is 5.56 Å². The molecule has 6 nitrogen and oxygen atoms in total. The van der Waals surface area contributed by atoms with Crippen LogP contribution in [-0.2, 0) is 16.4 Å². The summed E-state index contributed by atoms with van der Waals surface area (Å²) in [5, 5.41) is 7.04. The zero-order valence-corrected chi connectivity index (χ0v) is 17.9. The van der Waals surface area contributed by atoms with Crippen molar-refractivity contribution in [3.05, 3.63) is 107 Å². The fraction of sp³-hybridized carbons (Fsp3) is 0.0909. The molecule has 0 aliphatic rings. The zero-order valence-electron chi connectivity index (χ0n) is 16.3. The summed E-state index contributed by atoms with van der Waals surface area (Å²) in [6.45, 7) is 0. The van der Waals surface area contributed by atoms with Crippen LogP contribution in [0.2, 0.25) is 0 Å². The van der Waals surface area contributed by atoms with Crippen LogP contribution in [-0.4, -0.2) is 23.2 Å². The third-order valence-electron chi connectivity index (χ3n) is 4.73. The maximum absolute atomic E-state index is 13.4. The number of halogens is 1. The Bertz CT molecular complexity index is 1320. The molecule has 158 valence electrons. The monoisotopic (exact) mass is 454 g/mol. The SMILES string of the molecule is O=S(=O)(N[C@H](Cc1ccccc1)c1n[nH]c(=S)n1-c1ccc(F)cc1)c1ccccc1. The molecule has 1 heterocycles. The highest BCUT2D eigenvalue weighted by atomic mass is 32.2. The van der Waals surface area contributed by atoms with Crippen molar-refractivity contribution in [3.8, 4) is 5.69 Å². The lowest BCUT2D eigenvalue weighted by atomic mass is 10.1. The fourth-order valence-corrected chi connectivity index (χ4v) is 4.73. The minimum atomic E-state index is -3.84. The average Bonchev–Trinajstić information content (AvgIpc) is 3.16. The predicted molar refractivity (Wildman–Crippen MR) is 118 cm³/mol. The number of nitrogens with zero attached hydrogens (tertiary/aromatic N) is 2. The number of nitrogens with one attached hydrogen (secondary N) is 2. The van der Waals surface area contributed by atoms with Crippen LogP contribution in [0, 0.1) is 10.6 Å². The zero-order chi connectivity index (χ0) is 21.8. The molecule has 3 aromatic carbocycles. The number of H-pyrrole nitrogens is 1. The lowest BCUT2D eigenvalue weighted by molar-refractivity contribution is 0.538. The molecule has 0 saturated heterocycles. The standard InChI is InChI=1S/C22H19FN4O2S2/c23-17-11-13-18(14-12-17)27-21(24-25-22(27)30)20(15-16-7-3-1-4-8-16)26-31(28,29)19-9-5-2-6-10-19/h1-14,20,26H,15H2,(H,25,30)/t20-/m1/s1. The molecule has 0 radical (unpaired) electrons. The topological polar surface area (TPSA) is 79.8 Å². The van der Waals surface area contributed by atoms with E-state index in [0.29, 0.717) is 17.9 Å². The average molecular weight is 455 g/mol. The number of hydrogen-bond donors (Lipinski definition) is 2. The minimum absolute atomic E-state index is 0.149. The van der Waals surface area contributed by atoms with Crippen molar-refractivity contribution >= 4 is 22.2 Å². The second kappa shape index (κ2) is 8.93. The number of aromatic nitrogens is 3. The van der Waals surface area contributed by atoms with Crippen molar-refractivity contribution in [2.24, 2.45) is 0 Å². The van der Waals surface area contributed by atoms with E-state index in [2.05, 4.69) is 14.9 Å². The molecule has 2 N–H and O–H groups in total. The van der Waals surface area contributed by atoms with Crippen molar-refractivity contribution in [1.82, 2.24) is 19.5 Å². The smallest absolute Gasteiger partial charge is 0.241 e. The number of sulfonamides is 1. The van der Waals surface area contributed by atoms with E-state index in [9.17, 15) is 12.8 Å². The fourth-order valence-electron chi connectivity index (χ4n) is 3.27. The highest BCUT2D eigenvalue weighted by molar-refractivity contribution is 7.89. The molecule has 0 fully saturated rings. The summed E-state index contributed by atoms with van der Waals surface area (Å²) in [5.41, 5.74) is 1.50. The molecule has 0 aliphatic carbocycles. The molecule has 0 bridgehead atoms. The molecule has 31 heavy (non-hydrogen) atoms. The maximum Gasteiger partial charge on any atom is 0.241 e. The van der Waals surface area contributed by atoms with Crippen LogP contribution in [0.3, 0.4) is 0 Å². The van der Waals surface area contributed by atoms with E-state index in [1.807, 2.05) is 30.3 Å². The van der Waals surface area contributed by atoms with E-state index in [1.54, 1.807) is 34.9 Å². The van der Waals surface area contributed by atoms with Gasteiger partial charge in [-0.2, -0.15) is 5.10 Å². The van der Waals surface area contributed by atoms with Crippen LogP contribution < -0.4 is 4.72 Å². The molecule has 1 atom stereocenters. The van der Waals surface area contributed by atoms with Gasteiger partial charge < -0.3 is 0 Å². The number of aromatic amines is 1. The third-order valence-corrected chi connectivity index (χ3v) is 6.49. The summed E-state index contributed by atoms with van der Waals surface area (Å²) < 4.78 is 44.2. The van der Waals surface area contributed by atoms with Gasteiger partial charge in [0.1, 0.15) is 5.82 Å². The van der Waals surface area contributed by atoms with E-state index in [1.165, 1.54) is 24.3 Å². The summed E-state index contributed by atoms with van der Waals surface area (Å²) in [5.74, 6) is -0.00843. The molecular weight excluding hydrogens is 435 g/mol. The van der Waals surface area contributed by atoms with Crippen LogP contribution in [0.1, 0.15) is 17.4 Å². The Balaban J connectivity index is 1.79. The van der Waals surface area contributed by atoms with Gasteiger partial charge in [0.25, 0.3) is 0 Å². The Hall–Kier alpha value is -3.14. The Kier molecular flexibility index (Phi) is 6.08. The highest BCUT2D eigenvalue weighted by Crippen LogP contribution is 2.23. The van der Waals surface area contributed by atoms with E-state index in [-0.39, 0.29) is 15.5 Å². The highest BCUT2D eigenvalue weighted by Gasteiger charge is 2.26. The van der Waals surface area contributed by atoms with Gasteiger partial charge in [-0.3, -0.25) is 9.67 Å². The summed E-state index contributed by atoms with van der Waals surface area (Å²) in [6, 6.07) is 22.6. The van der Waals surface area contributed by atoms with Crippen LogP contribution in [0.15, 0.2) is 89.8 Å². The lowest BCUT2D eigenvalue weighted by Crippen LogP contribution is -2.32. The van der Waals surface area contributed by atoms with Crippen LogP contribution in [0.4, 0.5) is 4.39 Å². The second-order valence-electron chi connectivity index (χ2n) is 6.88. The van der Waals surface area contributed by atoms with Gasteiger partial charge in [-0.25, -0.2) is 17.5 Å². The molecule has 4 rings (SSSR count). The third kappa shape index (κ3) is 4.79. The van der Waals surface area contributed by atoms with E-state index < -0.39 is 16.1 Å². The predicted octanol–water partition coefficient (Wildman–Crippen LogP) is 4.33. The Morgan fingerprint density at radius 2 is 1.58 bits per heavy atom. The summed E-state index contributed by atoms with van der Waals surface area (Å²) >= 11 is 5.38. The molecule has 0 spiro atoms. The van der Waals surface area contributed by atoms with Crippen LogP contribution in [0.25, 0.3) is 5.69 Å². The van der Waals surface area contributed by atoms with Gasteiger partial charge in [-0.1, -0.05) is 48.5 Å². The first-order chi connectivity index (χ1) is 14.9. The van der Waals surface area contributed by atoms with Crippen molar-refractivity contribution in [2.45, 2.75) is 17.4 Å². The lowest BCUT2D eigenvalue weighted by Gasteiger charge is -2.19. The van der Waals surface area contributed by atoms with E-state index in [4.69, 9.17) is 12.2 Å². The molecule has 0 aliphatic heterocycles. The van der Waals surface area contributed by atoms with Gasteiger partial charge in [0.2, 0.25) is 10.0 Å². The van der Waals surface area contributed by atoms with Gasteiger partial charge in [-0.15, -0.1) is 0 Å². The van der Waals surface area contributed by atoms with Gasteiger partial charge in [0.05, 0.1) is 10.9 Å². The van der Waals surface area contributed by atoms with Crippen molar-refractivity contribution in [1.29, 1.82) is 0 Å². The summed E-state index contributed by atoms with van der Waals surface area (Å²) in [4.78, 5) is 0.149. The first kappa shape index (κ1) is 21.1. The van der Waals surface area contributed by atoms with Crippen molar-refractivity contribution < 1.29 is 12.8 Å². The largest absolute Gasteiger partial charge is 0.271 e. The van der Waals surface area contributed by atoms with E-state index >= 15 is 0 Å². The number of benzene rings is 3. The molecule has 0 unspecified atom stereocenters. The quantitative estimate of drug-likeness (QED) is 0.408. The minimum Gasteiger partial charge on any atom is -0.271 e. The number of hydrogen-bond acceptors (Lipinski definition) is 4. The molecule has 1 aromatic heterocycles. The second-order valence-corrected chi connectivity index (χ2v) is 8.98.